The van der Waals surface area contributed by atoms with Crippen LogP contribution in [0.15, 0.2) is 42.5 Å². The van der Waals surface area contributed by atoms with Gasteiger partial charge in [-0.3, -0.25) is 9.69 Å². The van der Waals surface area contributed by atoms with Gasteiger partial charge in [-0.1, -0.05) is 24.3 Å². The Hall–Kier alpha value is -3.29. The van der Waals surface area contributed by atoms with Crippen LogP contribution in [-0.4, -0.2) is 29.4 Å². The van der Waals surface area contributed by atoms with Crippen molar-refractivity contribution in [1.29, 1.82) is 0 Å². The molecule has 1 fully saturated rings. The summed E-state index contributed by atoms with van der Waals surface area (Å²) < 4.78 is 33.0. The van der Waals surface area contributed by atoms with E-state index in [1.807, 2.05) is 0 Å². The number of nitrogens with one attached hydrogen (secondary N) is 1. The van der Waals surface area contributed by atoms with Gasteiger partial charge in [-0.2, -0.15) is 0 Å². The van der Waals surface area contributed by atoms with E-state index in [9.17, 15) is 23.2 Å². The first-order chi connectivity index (χ1) is 12.9. The third kappa shape index (κ3) is 3.79. The first-order valence-corrected chi connectivity index (χ1v) is 8.19. The molecule has 0 bridgehead atoms. The monoisotopic (exact) mass is 374 g/mol. The third-order valence-corrected chi connectivity index (χ3v) is 4.19. The lowest BCUT2D eigenvalue weighted by Gasteiger charge is -2.18. The van der Waals surface area contributed by atoms with Crippen LogP contribution in [0.3, 0.4) is 0 Å². The molecule has 0 aliphatic carbocycles. The first kappa shape index (κ1) is 18.5. The standard InChI is InChI=1S/C19H16F2N2O4/c1-11(17-14(20)7-4-8-15(17)21)27-18(25)13-6-3-2-5-12(13)10-23-16(24)9-22-19(23)26/h2-8,11H,9-10H2,1H3,(H,22,26)/t11-/m1/s1. The number of nitrogens with zero attached hydrogens (tertiary/aromatic N) is 1. The molecule has 3 amide bonds. The van der Waals surface area contributed by atoms with Crippen LogP contribution >= 0.6 is 0 Å². The highest BCUT2D eigenvalue weighted by molar-refractivity contribution is 6.02. The molecule has 0 aromatic heterocycles. The fraction of sp³-hybridized carbons (Fsp3) is 0.211. The van der Waals surface area contributed by atoms with Crippen molar-refractivity contribution in [1.82, 2.24) is 10.2 Å². The molecule has 27 heavy (non-hydrogen) atoms. The number of hydrogen-bond donors (Lipinski definition) is 1. The molecule has 0 radical (unpaired) electrons. The van der Waals surface area contributed by atoms with Crippen molar-refractivity contribution >= 4 is 17.9 Å². The molecule has 0 unspecified atom stereocenters. The highest BCUT2D eigenvalue weighted by atomic mass is 19.1. The van der Waals surface area contributed by atoms with Gasteiger partial charge in [0.05, 0.1) is 24.2 Å². The minimum atomic E-state index is -1.16. The Morgan fingerprint density at radius 1 is 1.15 bits per heavy atom. The Morgan fingerprint density at radius 3 is 2.44 bits per heavy atom. The van der Waals surface area contributed by atoms with Gasteiger partial charge >= 0.3 is 12.0 Å². The van der Waals surface area contributed by atoms with Crippen molar-refractivity contribution in [3.05, 3.63) is 70.8 Å². The van der Waals surface area contributed by atoms with E-state index in [-0.39, 0.29) is 24.2 Å². The van der Waals surface area contributed by atoms with Crippen LogP contribution in [0, 0.1) is 11.6 Å². The highest BCUT2D eigenvalue weighted by Crippen LogP contribution is 2.25. The largest absolute Gasteiger partial charge is 0.454 e. The van der Waals surface area contributed by atoms with Crippen LogP contribution in [0.5, 0.6) is 0 Å². The van der Waals surface area contributed by atoms with Crippen molar-refractivity contribution < 1.29 is 27.9 Å². The topological polar surface area (TPSA) is 75.7 Å². The summed E-state index contributed by atoms with van der Waals surface area (Å²) in [5.41, 5.74) is 0.139. The van der Waals surface area contributed by atoms with Gasteiger partial charge in [-0.05, 0) is 30.7 Å². The Labute approximate surface area is 153 Å². The first-order valence-electron chi connectivity index (χ1n) is 8.19. The molecule has 3 rings (SSSR count). The lowest BCUT2D eigenvalue weighted by molar-refractivity contribution is -0.125. The lowest BCUT2D eigenvalue weighted by Crippen LogP contribution is -2.31. The SMILES string of the molecule is C[C@@H](OC(=O)c1ccccc1CN1C(=O)CNC1=O)c1c(F)cccc1F. The Morgan fingerprint density at radius 2 is 1.81 bits per heavy atom. The summed E-state index contributed by atoms with van der Waals surface area (Å²) in [5, 5.41) is 2.39. The Balaban J connectivity index is 1.81. The van der Waals surface area contributed by atoms with Gasteiger partial charge in [0.25, 0.3) is 0 Å². The van der Waals surface area contributed by atoms with Gasteiger partial charge < -0.3 is 10.1 Å². The van der Waals surface area contributed by atoms with E-state index in [1.54, 1.807) is 18.2 Å². The van der Waals surface area contributed by atoms with Crippen LogP contribution in [0.2, 0.25) is 0 Å². The van der Waals surface area contributed by atoms with Crippen LogP contribution in [0.1, 0.15) is 34.5 Å². The van der Waals surface area contributed by atoms with E-state index in [4.69, 9.17) is 4.74 Å². The van der Waals surface area contributed by atoms with Crippen LogP contribution < -0.4 is 5.32 Å². The molecular formula is C19H16F2N2O4. The summed E-state index contributed by atoms with van der Waals surface area (Å²) in [6.45, 7) is 1.15. The predicted octanol–water partition coefficient (Wildman–Crippen LogP) is 2.93. The predicted molar refractivity (Wildman–Crippen MR) is 90.6 cm³/mol. The van der Waals surface area contributed by atoms with Crippen molar-refractivity contribution in [2.75, 3.05) is 6.54 Å². The zero-order valence-electron chi connectivity index (χ0n) is 14.4. The minimum absolute atomic E-state index is 0.102. The number of ether oxygens (including phenoxy) is 1. The molecule has 6 nitrogen and oxygen atoms in total. The molecule has 1 N–H and O–H groups in total. The van der Waals surface area contributed by atoms with Crippen molar-refractivity contribution in [3.63, 3.8) is 0 Å². The molecule has 1 aliphatic heterocycles. The summed E-state index contributed by atoms with van der Waals surface area (Å²) in [7, 11) is 0. The van der Waals surface area contributed by atoms with Gasteiger partial charge in [0, 0.05) is 0 Å². The average Bonchev–Trinajstić information content (AvgIpc) is 2.94. The lowest BCUT2D eigenvalue weighted by atomic mass is 10.1. The summed E-state index contributed by atoms with van der Waals surface area (Å²) in [4.78, 5) is 37.0. The molecule has 0 saturated carbocycles. The maximum atomic E-state index is 13.9. The molecule has 1 atom stereocenters. The number of carbonyl (C=O) groups excluding carboxylic acids is 3. The Kier molecular flexibility index (Phi) is 5.16. The van der Waals surface area contributed by atoms with Crippen molar-refractivity contribution in [2.45, 2.75) is 19.6 Å². The Bertz CT molecular complexity index is 880. The van der Waals surface area contributed by atoms with E-state index in [1.165, 1.54) is 19.1 Å². The average molecular weight is 374 g/mol. The summed E-state index contributed by atoms with van der Waals surface area (Å²) in [6, 6.07) is 9.08. The number of amides is 3. The second-order valence-electron chi connectivity index (χ2n) is 5.98. The van der Waals surface area contributed by atoms with Crippen molar-refractivity contribution in [3.8, 4) is 0 Å². The van der Waals surface area contributed by atoms with Gasteiger partial charge in [-0.25, -0.2) is 18.4 Å². The number of hydrogen-bond acceptors (Lipinski definition) is 4. The van der Waals surface area contributed by atoms with E-state index in [0.29, 0.717) is 5.56 Å². The number of rotatable bonds is 5. The molecule has 1 heterocycles. The molecular weight excluding hydrogens is 358 g/mol. The van der Waals surface area contributed by atoms with E-state index >= 15 is 0 Å². The number of benzene rings is 2. The highest BCUT2D eigenvalue weighted by Gasteiger charge is 2.30. The van der Waals surface area contributed by atoms with E-state index < -0.39 is 35.6 Å². The molecule has 0 spiro atoms. The maximum Gasteiger partial charge on any atom is 0.339 e. The van der Waals surface area contributed by atoms with Gasteiger partial charge in [0.15, 0.2) is 0 Å². The third-order valence-electron chi connectivity index (χ3n) is 4.19. The quantitative estimate of drug-likeness (QED) is 0.645. The van der Waals surface area contributed by atoms with Crippen molar-refractivity contribution in [2.24, 2.45) is 0 Å². The summed E-state index contributed by atoms with van der Waals surface area (Å²) in [6.07, 6.45) is -1.16. The molecule has 2 aromatic carbocycles. The molecule has 8 heteroatoms. The van der Waals surface area contributed by atoms with Gasteiger partial charge in [0.2, 0.25) is 5.91 Å². The zero-order chi connectivity index (χ0) is 19.6. The number of halogens is 2. The fourth-order valence-electron chi connectivity index (χ4n) is 2.83. The molecule has 2 aromatic rings. The van der Waals surface area contributed by atoms with E-state index in [2.05, 4.69) is 5.32 Å². The minimum Gasteiger partial charge on any atom is -0.454 e. The summed E-state index contributed by atoms with van der Waals surface area (Å²) >= 11 is 0. The van der Waals surface area contributed by atoms with Crippen LogP contribution in [0.4, 0.5) is 13.6 Å². The van der Waals surface area contributed by atoms with E-state index in [0.717, 1.165) is 17.0 Å². The number of esters is 1. The second-order valence-corrected chi connectivity index (χ2v) is 5.98. The number of imide groups is 1. The molecule has 1 aliphatic rings. The number of carbonyl (C=O) groups is 3. The van der Waals surface area contributed by atoms with Gasteiger partial charge in [-0.15, -0.1) is 0 Å². The second kappa shape index (κ2) is 7.53. The maximum absolute atomic E-state index is 13.9. The molecule has 1 saturated heterocycles. The summed E-state index contributed by atoms with van der Waals surface area (Å²) in [5.74, 6) is -2.86. The van der Waals surface area contributed by atoms with Crippen LogP contribution in [-0.2, 0) is 16.1 Å². The smallest absolute Gasteiger partial charge is 0.339 e. The van der Waals surface area contributed by atoms with Crippen LogP contribution in [0.25, 0.3) is 0 Å². The fourth-order valence-corrected chi connectivity index (χ4v) is 2.83. The van der Waals surface area contributed by atoms with Gasteiger partial charge in [0.1, 0.15) is 17.7 Å². The molecule has 140 valence electrons. The number of urea groups is 1. The normalized spacial score (nSPS) is 14.9. The zero-order valence-corrected chi connectivity index (χ0v) is 14.4.